The Morgan fingerprint density at radius 3 is 2.95 bits per heavy atom. The number of H-pyrrole nitrogens is 1. The monoisotopic (exact) mass is 323 g/mol. The van der Waals surface area contributed by atoms with Gasteiger partial charge in [-0.25, -0.2) is 4.98 Å². The number of rotatable bonds is 4. The first-order chi connectivity index (χ1) is 10.0. The van der Waals surface area contributed by atoms with Gasteiger partial charge in [0.15, 0.2) is 0 Å². The Kier molecular flexibility index (Phi) is 5.03. The molecule has 1 amide bonds. The molecule has 0 atom stereocenters. The second-order valence-corrected chi connectivity index (χ2v) is 5.65. The SMILES string of the molecule is CSCc1nc(C(=O)Nc2cccc(Cl)c2C)cc(=O)[nH]1. The highest BCUT2D eigenvalue weighted by atomic mass is 35.5. The third-order valence-electron chi connectivity index (χ3n) is 2.82. The molecule has 0 aliphatic carbocycles. The van der Waals surface area contributed by atoms with Crippen molar-refractivity contribution in [3.8, 4) is 0 Å². The van der Waals surface area contributed by atoms with Crippen LogP contribution in [0.3, 0.4) is 0 Å². The van der Waals surface area contributed by atoms with Crippen molar-refractivity contribution in [2.45, 2.75) is 12.7 Å². The number of carbonyl (C=O) groups excluding carboxylic acids is 1. The number of thioether (sulfide) groups is 1. The van der Waals surface area contributed by atoms with Crippen molar-refractivity contribution < 1.29 is 4.79 Å². The minimum absolute atomic E-state index is 0.0853. The molecule has 0 unspecified atom stereocenters. The maximum absolute atomic E-state index is 12.2. The summed E-state index contributed by atoms with van der Waals surface area (Å²) in [7, 11) is 0. The fourth-order valence-corrected chi connectivity index (χ4v) is 2.34. The number of nitrogens with one attached hydrogen (secondary N) is 2. The average Bonchev–Trinajstić information content (AvgIpc) is 2.43. The van der Waals surface area contributed by atoms with Crippen molar-refractivity contribution in [3.05, 3.63) is 56.7 Å². The molecule has 7 heteroatoms. The lowest BCUT2D eigenvalue weighted by molar-refractivity contribution is 0.102. The minimum atomic E-state index is -0.436. The van der Waals surface area contributed by atoms with E-state index in [0.29, 0.717) is 22.3 Å². The summed E-state index contributed by atoms with van der Waals surface area (Å²) in [5.41, 5.74) is 1.10. The predicted molar refractivity (Wildman–Crippen MR) is 86.2 cm³/mol. The molecule has 1 aromatic heterocycles. The van der Waals surface area contributed by atoms with Crippen LogP contribution in [-0.2, 0) is 5.75 Å². The Morgan fingerprint density at radius 1 is 1.48 bits per heavy atom. The Hall–Kier alpha value is -1.79. The summed E-state index contributed by atoms with van der Waals surface area (Å²) in [5, 5.41) is 3.28. The van der Waals surface area contributed by atoms with Gasteiger partial charge < -0.3 is 10.3 Å². The Labute approximate surface area is 131 Å². The molecule has 2 rings (SSSR count). The summed E-state index contributed by atoms with van der Waals surface area (Å²) < 4.78 is 0. The fourth-order valence-electron chi connectivity index (χ4n) is 1.76. The maximum atomic E-state index is 12.2. The highest BCUT2D eigenvalue weighted by Gasteiger charge is 2.12. The molecule has 110 valence electrons. The van der Waals surface area contributed by atoms with E-state index in [1.807, 2.05) is 13.2 Å². The minimum Gasteiger partial charge on any atom is -0.320 e. The highest BCUT2D eigenvalue weighted by Crippen LogP contribution is 2.23. The second kappa shape index (κ2) is 6.78. The van der Waals surface area contributed by atoms with Crippen LogP contribution in [-0.4, -0.2) is 22.1 Å². The lowest BCUT2D eigenvalue weighted by Gasteiger charge is -2.09. The van der Waals surface area contributed by atoms with Gasteiger partial charge in [-0.15, -0.1) is 0 Å². The Balaban J connectivity index is 2.28. The molecule has 0 spiro atoms. The number of aromatic amines is 1. The zero-order valence-electron chi connectivity index (χ0n) is 11.6. The molecule has 0 saturated carbocycles. The van der Waals surface area contributed by atoms with E-state index in [1.165, 1.54) is 17.8 Å². The molecule has 0 aliphatic heterocycles. The summed E-state index contributed by atoms with van der Waals surface area (Å²) in [4.78, 5) is 30.5. The molecule has 0 radical (unpaired) electrons. The first kappa shape index (κ1) is 15.6. The molecule has 2 N–H and O–H groups in total. The van der Waals surface area contributed by atoms with Crippen molar-refractivity contribution in [1.82, 2.24) is 9.97 Å². The predicted octanol–water partition coefficient (Wildman–Crippen LogP) is 2.85. The van der Waals surface area contributed by atoms with Gasteiger partial charge in [0.2, 0.25) is 0 Å². The number of amides is 1. The summed E-state index contributed by atoms with van der Waals surface area (Å²) in [6.45, 7) is 1.81. The first-order valence-electron chi connectivity index (χ1n) is 6.17. The number of nitrogens with zero attached hydrogens (tertiary/aromatic N) is 1. The Bertz CT molecular complexity index is 730. The molecule has 21 heavy (non-hydrogen) atoms. The second-order valence-electron chi connectivity index (χ2n) is 4.38. The van der Waals surface area contributed by atoms with Crippen LogP contribution in [0, 0.1) is 6.92 Å². The number of benzene rings is 1. The van der Waals surface area contributed by atoms with Gasteiger partial charge >= 0.3 is 0 Å². The van der Waals surface area contributed by atoms with Gasteiger partial charge in [0, 0.05) is 16.8 Å². The number of carbonyl (C=O) groups is 1. The van der Waals surface area contributed by atoms with Crippen LogP contribution < -0.4 is 10.9 Å². The molecule has 0 bridgehead atoms. The summed E-state index contributed by atoms with van der Waals surface area (Å²) in [5.74, 6) is 0.573. The van der Waals surface area contributed by atoms with E-state index >= 15 is 0 Å². The van der Waals surface area contributed by atoms with Crippen LogP contribution in [0.25, 0.3) is 0 Å². The van der Waals surface area contributed by atoms with E-state index in [-0.39, 0.29) is 11.3 Å². The van der Waals surface area contributed by atoms with E-state index in [1.54, 1.807) is 18.2 Å². The molecule has 0 aliphatic rings. The van der Waals surface area contributed by atoms with Gasteiger partial charge in [0.1, 0.15) is 11.5 Å². The topological polar surface area (TPSA) is 74.8 Å². The van der Waals surface area contributed by atoms with Gasteiger partial charge in [0.05, 0.1) is 5.75 Å². The van der Waals surface area contributed by atoms with Crippen LogP contribution in [0.1, 0.15) is 21.9 Å². The third kappa shape index (κ3) is 3.86. The van der Waals surface area contributed by atoms with Crippen molar-refractivity contribution in [2.75, 3.05) is 11.6 Å². The van der Waals surface area contributed by atoms with E-state index in [0.717, 1.165) is 5.56 Å². The molecule has 5 nitrogen and oxygen atoms in total. The van der Waals surface area contributed by atoms with Gasteiger partial charge in [-0.1, -0.05) is 17.7 Å². The van der Waals surface area contributed by atoms with E-state index in [2.05, 4.69) is 15.3 Å². The fraction of sp³-hybridized carbons (Fsp3) is 0.214. The molecule has 1 aromatic carbocycles. The lowest BCUT2D eigenvalue weighted by atomic mass is 10.2. The summed E-state index contributed by atoms with van der Waals surface area (Å²) >= 11 is 7.52. The zero-order valence-corrected chi connectivity index (χ0v) is 13.1. The number of anilines is 1. The van der Waals surface area contributed by atoms with Crippen molar-refractivity contribution in [2.24, 2.45) is 0 Å². The normalized spacial score (nSPS) is 10.4. The molecule has 2 aromatic rings. The maximum Gasteiger partial charge on any atom is 0.274 e. The van der Waals surface area contributed by atoms with Crippen LogP contribution >= 0.6 is 23.4 Å². The van der Waals surface area contributed by atoms with Gasteiger partial charge in [0.25, 0.3) is 11.5 Å². The summed E-state index contributed by atoms with van der Waals surface area (Å²) in [6, 6.07) is 6.41. The van der Waals surface area contributed by atoms with Gasteiger partial charge in [-0.2, -0.15) is 11.8 Å². The lowest BCUT2D eigenvalue weighted by Crippen LogP contribution is -2.20. The van der Waals surface area contributed by atoms with E-state index in [4.69, 9.17) is 11.6 Å². The molecule has 0 saturated heterocycles. The van der Waals surface area contributed by atoms with Gasteiger partial charge in [-0.3, -0.25) is 9.59 Å². The van der Waals surface area contributed by atoms with Gasteiger partial charge in [-0.05, 0) is 30.9 Å². The number of hydrogen-bond donors (Lipinski definition) is 2. The Morgan fingerprint density at radius 2 is 2.24 bits per heavy atom. The van der Waals surface area contributed by atoms with Crippen molar-refractivity contribution >= 4 is 35.0 Å². The highest BCUT2D eigenvalue weighted by molar-refractivity contribution is 7.97. The van der Waals surface area contributed by atoms with Crippen LogP contribution in [0.2, 0.25) is 5.02 Å². The molecule has 1 heterocycles. The van der Waals surface area contributed by atoms with Crippen LogP contribution in [0.5, 0.6) is 0 Å². The smallest absolute Gasteiger partial charge is 0.274 e. The standard InChI is InChI=1S/C14H14ClN3O2S/c1-8-9(15)4-3-5-10(8)17-14(20)11-6-13(19)18-12(16-11)7-21-2/h3-6H,7H2,1-2H3,(H,17,20)(H,16,18,19). The molecular formula is C14H14ClN3O2S. The number of aromatic nitrogens is 2. The van der Waals surface area contributed by atoms with Crippen LogP contribution in [0.4, 0.5) is 5.69 Å². The molecular weight excluding hydrogens is 310 g/mol. The first-order valence-corrected chi connectivity index (χ1v) is 7.94. The van der Waals surface area contributed by atoms with Crippen molar-refractivity contribution in [1.29, 1.82) is 0 Å². The zero-order chi connectivity index (χ0) is 15.4. The number of halogens is 1. The van der Waals surface area contributed by atoms with E-state index < -0.39 is 5.91 Å². The summed E-state index contributed by atoms with van der Waals surface area (Å²) in [6.07, 6.45) is 1.89. The van der Waals surface area contributed by atoms with E-state index in [9.17, 15) is 9.59 Å². The van der Waals surface area contributed by atoms with Crippen LogP contribution in [0.15, 0.2) is 29.1 Å². The quantitative estimate of drug-likeness (QED) is 0.907. The third-order valence-corrected chi connectivity index (χ3v) is 3.79. The molecule has 0 fully saturated rings. The van der Waals surface area contributed by atoms with Crippen molar-refractivity contribution in [3.63, 3.8) is 0 Å². The number of hydrogen-bond acceptors (Lipinski definition) is 4. The average molecular weight is 324 g/mol. The largest absolute Gasteiger partial charge is 0.320 e.